The second kappa shape index (κ2) is 10.9. The first kappa shape index (κ1) is 19.6. The summed E-state index contributed by atoms with van der Waals surface area (Å²) in [4.78, 5) is 12.1. The molecule has 28 heavy (non-hydrogen) atoms. The average Bonchev–Trinajstić information content (AvgIpc) is 2.73. The van der Waals surface area contributed by atoms with E-state index >= 15 is 0 Å². The third-order valence-corrected chi connectivity index (χ3v) is 4.30. The molecule has 4 nitrogen and oxygen atoms in total. The van der Waals surface area contributed by atoms with Crippen molar-refractivity contribution in [3.05, 3.63) is 96.1 Å². The van der Waals surface area contributed by atoms with E-state index in [9.17, 15) is 4.79 Å². The molecule has 0 aliphatic carbocycles. The average molecular weight is 374 g/mol. The van der Waals surface area contributed by atoms with E-state index in [1.165, 1.54) is 5.56 Å². The van der Waals surface area contributed by atoms with Crippen LogP contribution in [0.15, 0.2) is 84.9 Å². The summed E-state index contributed by atoms with van der Waals surface area (Å²) < 4.78 is 5.82. The summed E-state index contributed by atoms with van der Waals surface area (Å²) in [6.45, 7) is 1.57. The molecule has 0 aliphatic rings. The van der Waals surface area contributed by atoms with Crippen molar-refractivity contribution in [2.75, 3.05) is 18.5 Å². The largest absolute Gasteiger partial charge is 0.494 e. The van der Waals surface area contributed by atoms with Crippen molar-refractivity contribution in [3.8, 4) is 5.75 Å². The molecule has 0 aromatic heterocycles. The normalized spacial score (nSPS) is 10.4. The van der Waals surface area contributed by atoms with Crippen LogP contribution in [-0.2, 0) is 17.8 Å². The highest BCUT2D eigenvalue weighted by Crippen LogP contribution is 2.17. The van der Waals surface area contributed by atoms with Gasteiger partial charge >= 0.3 is 0 Å². The van der Waals surface area contributed by atoms with Crippen LogP contribution >= 0.6 is 0 Å². The maximum absolute atomic E-state index is 12.1. The van der Waals surface area contributed by atoms with Crippen molar-refractivity contribution in [2.24, 2.45) is 0 Å². The van der Waals surface area contributed by atoms with Gasteiger partial charge in [0.1, 0.15) is 5.75 Å². The van der Waals surface area contributed by atoms with Crippen LogP contribution in [0.25, 0.3) is 0 Å². The van der Waals surface area contributed by atoms with Gasteiger partial charge in [0, 0.05) is 18.3 Å². The van der Waals surface area contributed by atoms with E-state index in [1.54, 1.807) is 0 Å². The van der Waals surface area contributed by atoms with E-state index in [-0.39, 0.29) is 12.5 Å². The Morgan fingerprint density at radius 2 is 1.54 bits per heavy atom. The van der Waals surface area contributed by atoms with Crippen molar-refractivity contribution in [1.82, 2.24) is 5.32 Å². The first-order chi connectivity index (χ1) is 13.8. The fourth-order valence-corrected chi connectivity index (χ4v) is 2.90. The molecular formula is C24H26N2O2. The number of hydrogen-bond donors (Lipinski definition) is 2. The van der Waals surface area contributed by atoms with Gasteiger partial charge in [0.2, 0.25) is 5.91 Å². The molecule has 0 radical (unpaired) electrons. The standard InChI is InChI=1S/C24H26N2O2/c27-24(19-25-18-21-11-5-2-6-12-21)26-22-14-7-15-23(17-22)28-16-8-13-20-9-3-1-4-10-20/h1-7,9-12,14-15,17,25H,8,13,16,18-19H2,(H,26,27). The number of nitrogens with one attached hydrogen (secondary N) is 2. The molecule has 0 saturated heterocycles. The number of rotatable bonds is 10. The Morgan fingerprint density at radius 1 is 0.821 bits per heavy atom. The minimum absolute atomic E-state index is 0.0721. The van der Waals surface area contributed by atoms with E-state index in [0.717, 1.165) is 29.8 Å². The zero-order valence-electron chi connectivity index (χ0n) is 15.9. The number of aryl methyl sites for hydroxylation is 1. The molecule has 4 heteroatoms. The fourth-order valence-electron chi connectivity index (χ4n) is 2.90. The van der Waals surface area contributed by atoms with Gasteiger partial charge in [-0.15, -0.1) is 0 Å². The SMILES string of the molecule is O=C(CNCc1ccccc1)Nc1cccc(OCCCc2ccccc2)c1. The predicted octanol–water partition coefficient (Wildman–Crippen LogP) is 4.43. The number of benzene rings is 3. The summed E-state index contributed by atoms with van der Waals surface area (Å²) in [6, 6.07) is 27.9. The second-order valence-corrected chi connectivity index (χ2v) is 6.60. The third-order valence-electron chi connectivity index (χ3n) is 4.30. The zero-order valence-corrected chi connectivity index (χ0v) is 15.9. The van der Waals surface area contributed by atoms with Crippen LogP contribution < -0.4 is 15.4 Å². The molecule has 0 fully saturated rings. The molecule has 1 amide bonds. The fraction of sp³-hybridized carbons (Fsp3) is 0.208. The van der Waals surface area contributed by atoms with Gasteiger partial charge in [-0.1, -0.05) is 66.7 Å². The Balaban J connectivity index is 1.38. The van der Waals surface area contributed by atoms with E-state index in [4.69, 9.17) is 4.74 Å². The van der Waals surface area contributed by atoms with Gasteiger partial charge in [0.05, 0.1) is 13.2 Å². The summed E-state index contributed by atoms with van der Waals surface area (Å²) in [6.07, 6.45) is 1.94. The lowest BCUT2D eigenvalue weighted by Crippen LogP contribution is -2.27. The molecule has 0 saturated carbocycles. The van der Waals surface area contributed by atoms with Crippen LogP contribution in [0.5, 0.6) is 5.75 Å². The van der Waals surface area contributed by atoms with Crippen molar-refractivity contribution >= 4 is 11.6 Å². The van der Waals surface area contributed by atoms with Gasteiger partial charge in [-0.3, -0.25) is 4.79 Å². The lowest BCUT2D eigenvalue weighted by molar-refractivity contribution is -0.115. The van der Waals surface area contributed by atoms with Gasteiger partial charge in [0.25, 0.3) is 0 Å². The Hall–Kier alpha value is -3.11. The molecule has 3 aromatic rings. The molecule has 0 atom stereocenters. The Kier molecular flexibility index (Phi) is 7.65. The Bertz CT molecular complexity index is 851. The second-order valence-electron chi connectivity index (χ2n) is 6.60. The molecule has 0 aliphatic heterocycles. The van der Waals surface area contributed by atoms with Gasteiger partial charge in [0.15, 0.2) is 0 Å². The topological polar surface area (TPSA) is 50.4 Å². The van der Waals surface area contributed by atoms with Crippen LogP contribution in [0.2, 0.25) is 0 Å². The maximum Gasteiger partial charge on any atom is 0.238 e. The number of ether oxygens (including phenoxy) is 1. The van der Waals surface area contributed by atoms with Gasteiger partial charge < -0.3 is 15.4 Å². The molecular weight excluding hydrogens is 348 g/mol. The molecule has 144 valence electrons. The van der Waals surface area contributed by atoms with Crippen molar-refractivity contribution < 1.29 is 9.53 Å². The monoisotopic (exact) mass is 374 g/mol. The number of anilines is 1. The van der Waals surface area contributed by atoms with Crippen molar-refractivity contribution in [1.29, 1.82) is 0 Å². The summed E-state index contributed by atoms with van der Waals surface area (Å²) >= 11 is 0. The van der Waals surface area contributed by atoms with Crippen molar-refractivity contribution in [3.63, 3.8) is 0 Å². The quantitative estimate of drug-likeness (QED) is 0.516. The molecule has 0 spiro atoms. The van der Waals surface area contributed by atoms with Crippen molar-refractivity contribution in [2.45, 2.75) is 19.4 Å². The number of carbonyl (C=O) groups excluding carboxylic acids is 1. The minimum Gasteiger partial charge on any atom is -0.494 e. The summed E-state index contributed by atoms with van der Waals surface area (Å²) in [5.41, 5.74) is 3.21. The molecule has 0 heterocycles. The Morgan fingerprint density at radius 3 is 2.29 bits per heavy atom. The van der Waals surface area contributed by atoms with E-state index in [2.05, 4.69) is 34.9 Å². The number of carbonyl (C=O) groups is 1. The number of hydrogen-bond acceptors (Lipinski definition) is 3. The smallest absolute Gasteiger partial charge is 0.238 e. The van der Waals surface area contributed by atoms with E-state index < -0.39 is 0 Å². The number of amides is 1. The summed E-state index contributed by atoms with van der Waals surface area (Å²) in [7, 11) is 0. The van der Waals surface area contributed by atoms with Crippen LogP contribution in [0, 0.1) is 0 Å². The third kappa shape index (κ3) is 6.89. The molecule has 3 aromatic carbocycles. The molecule has 3 rings (SSSR count). The molecule has 0 bridgehead atoms. The first-order valence-electron chi connectivity index (χ1n) is 9.61. The molecule has 0 unspecified atom stereocenters. The van der Waals surface area contributed by atoms with Crippen LogP contribution in [-0.4, -0.2) is 19.1 Å². The van der Waals surface area contributed by atoms with E-state index in [1.807, 2.05) is 60.7 Å². The van der Waals surface area contributed by atoms with Crippen LogP contribution in [0.4, 0.5) is 5.69 Å². The highest BCUT2D eigenvalue weighted by Gasteiger charge is 2.04. The predicted molar refractivity (Wildman–Crippen MR) is 113 cm³/mol. The lowest BCUT2D eigenvalue weighted by Gasteiger charge is -2.10. The van der Waals surface area contributed by atoms with Crippen LogP contribution in [0.3, 0.4) is 0 Å². The zero-order chi connectivity index (χ0) is 19.4. The van der Waals surface area contributed by atoms with Gasteiger partial charge in [-0.25, -0.2) is 0 Å². The van der Waals surface area contributed by atoms with E-state index in [0.29, 0.717) is 13.2 Å². The summed E-state index contributed by atoms with van der Waals surface area (Å²) in [5.74, 6) is 0.695. The van der Waals surface area contributed by atoms with Gasteiger partial charge in [-0.05, 0) is 36.1 Å². The molecule has 2 N–H and O–H groups in total. The first-order valence-corrected chi connectivity index (χ1v) is 9.61. The van der Waals surface area contributed by atoms with Gasteiger partial charge in [-0.2, -0.15) is 0 Å². The lowest BCUT2D eigenvalue weighted by atomic mass is 10.1. The summed E-state index contributed by atoms with van der Waals surface area (Å²) in [5, 5.41) is 6.05. The minimum atomic E-state index is -0.0721. The highest BCUT2D eigenvalue weighted by atomic mass is 16.5. The van der Waals surface area contributed by atoms with Crippen LogP contribution in [0.1, 0.15) is 17.5 Å². The maximum atomic E-state index is 12.1. The highest BCUT2D eigenvalue weighted by molar-refractivity contribution is 5.92. The Labute approximate surface area is 166 Å².